The summed E-state index contributed by atoms with van der Waals surface area (Å²) in [5.74, 6) is 0.00903. The molecule has 1 aliphatic rings. The fourth-order valence-electron chi connectivity index (χ4n) is 3.99. The van der Waals surface area contributed by atoms with Gasteiger partial charge in [0.05, 0.1) is 10.6 Å². The van der Waals surface area contributed by atoms with Crippen molar-refractivity contribution in [3.8, 4) is 11.5 Å². The molecule has 0 saturated carbocycles. The number of carbonyl (C=O) groups excluding carboxylic acids is 1. The lowest BCUT2D eigenvalue weighted by Crippen LogP contribution is -2.19. The lowest BCUT2D eigenvalue weighted by Gasteiger charge is -2.19. The standard InChI is InChI=1S/C25H21FN2O5S/c26-18-5-3-4-17(12-18)16-34(30,31)24-14-28(21-7-2-1-6-20(21)24)15-25(29)27-19-8-9-22-23(13-19)33-11-10-32-22/h1-9,12-14H,10-11,15-16H2,(H,27,29). The fraction of sp³-hybridized carbons (Fsp3) is 0.160. The number of nitrogens with one attached hydrogen (secondary N) is 1. The molecule has 0 spiro atoms. The number of anilines is 1. The molecule has 0 atom stereocenters. The maximum absolute atomic E-state index is 13.6. The molecule has 2 heterocycles. The van der Waals surface area contributed by atoms with Crippen LogP contribution in [0.15, 0.2) is 77.8 Å². The largest absolute Gasteiger partial charge is 0.486 e. The Kier molecular flexibility index (Phi) is 5.70. The first kappa shape index (κ1) is 22.0. The second-order valence-electron chi connectivity index (χ2n) is 7.93. The zero-order valence-corrected chi connectivity index (χ0v) is 18.8. The van der Waals surface area contributed by atoms with Crippen LogP contribution in [0.5, 0.6) is 11.5 Å². The van der Waals surface area contributed by atoms with E-state index in [0.29, 0.717) is 46.9 Å². The molecule has 34 heavy (non-hydrogen) atoms. The molecule has 4 aromatic rings. The van der Waals surface area contributed by atoms with Crippen molar-refractivity contribution in [3.05, 3.63) is 84.3 Å². The number of para-hydroxylation sites is 1. The van der Waals surface area contributed by atoms with Gasteiger partial charge >= 0.3 is 0 Å². The summed E-state index contributed by atoms with van der Waals surface area (Å²) >= 11 is 0. The molecule has 1 aliphatic heterocycles. The van der Waals surface area contributed by atoms with Crippen LogP contribution in [-0.2, 0) is 26.9 Å². The quantitative estimate of drug-likeness (QED) is 0.448. The third-order valence-corrected chi connectivity index (χ3v) is 7.18. The van der Waals surface area contributed by atoms with E-state index in [2.05, 4.69) is 5.32 Å². The van der Waals surface area contributed by atoms with Gasteiger partial charge in [-0.15, -0.1) is 0 Å². The maximum atomic E-state index is 13.6. The highest BCUT2D eigenvalue weighted by Gasteiger charge is 2.23. The van der Waals surface area contributed by atoms with E-state index in [1.807, 2.05) is 0 Å². The molecule has 0 fully saturated rings. The van der Waals surface area contributed by atoms with Crippen molar-refractivity contribution in [2.24, 2.45) is 0 Å². The van der Waals surface area contributed by atoms with Crippen LogP contribution in [0.4, 0.5) is 10.1 Å². The number of sulfone groups is 1. The summed E-state index contributed by atoms with van der Waals surface area (Å²) in [6.07, 6.45) is 1.46. The number of nitrogens with zero attached hydrogens (tertiary/aromatic N) is 1. The second-order valence-corrected chi connectivity index (χ2v) is 9.89. The second kappa shape index (κ2) is 8.83. The normalized spacial score (nSPS) is 13.1. The molecular formula is C25H21FN2O5S. The lowest BCUT2D eigenvalue weighted by atomic mass is 10.2. The average Bonchev–Trinajstić information content (AvgIpc) is 3.18. The molecule has 1 N–H and O–H groups in total. The van der Waals surface area contributed by atoms with Gasteiger partial charge in [-0.3, -0.25) is 4.79 Å². The molecule has 1 amide bonds. The van der Waals surface area contributed by atoms with E-state index in [1.165, 1.54) is 24.4 Å². The number of amides is 1. The Morgan fingerprint density at radius 2 is 1.76 bits per heavy atom. The highest BCUT2D eigenvalue weighted by Crippen LogP contribution is 2.33. The molecule has 5 rings (SSSR count). The van der Waals surface area contributed by atoms with Crippen LogP contribution in [-0.4, -0.2) is 32.1 Å². The number of benzene rings is 3. The first-order valence-electron chi connectivity index (χ1n) is 10.6. The van der Waals surface area contributed by atoms with Crippen LogP contribution in [0, 0.1) is 5.82 Å². The monoisotopic (exact) mass is 480 g/mol. The summed E-state index contributed by atoms with van der Waals surface area (Å²) in [7, 11) is -3.79. The van der Waals surface area contributed by atoms with Gasteiger partial charge in [0, 0.05) is 28.9 Å². The van der Waals surface area contributed by atoms with Gasteiger partial charge < -0.3 is 19.4 Å². The Bertz CT molecular complexity index is 1500. The molecule has 1 aromatic heterocycles. The van der Waals surface area contributed by atoms with Gasteiger partial charge in [-0.1, -0.05) is 30.3 Å². The molecule has 0 aliphatic carbocycles. The molecule has 0 saturated heterocycles. The molecule has 7 nitrogen and oxygen atoms in total. The maximum Gasteiger partial charge on any atom is 0.244 e. The predicted molar refractivity (Wildman–Crippen MR) is 125 cm³/mol. The minimum atomic E-state index is -3.79. The van der Waals surface area contributed by atoms with Crippen molar-refractivity contribution in [1.29, 1.82) is 0 Å². The van der Waals surface area contributed by atoms with Crippen LogP contribution in [0.2, 0.25) is 0 Å². The number of carbonyl (C=O) groups is 1. The van der Waals surface area contributed by atoms with E-state index >= 15 is 0 Å². The van der Waals surface area contributed by atoms with E-state index in [-0.39, 0.29) is 23.1 Å². The predicted octanol–water partition coefficient (Wildman–Crippen LogP) is 4.16. The van der Waals surface area contributed by atoms with Gasteiger partial charge in [-0.2, -0.15) is 0 Å². The SMILES string of the molecule is O=C(Cn1cc(S(=O)(=O)Cc2cccc(F)c2)c2ccccc21)Nc1ccc2c(c1)OCCO2. The molecule has 0 bridgehead atoms. The number of hydrogen-bond acceptors (Lipinski definition) is 5. The van der Waals surface area contributed by atoms with Gasteiger partial charge in [-0.25, -0.2) is 12.8 Å². The minimum absolute atomic E-state index is 0.0928. The van der Waals surface area contributed by atoms with Crippen LogP contribution >= 0.6 is 0 Å². The van der Waals surface area contributed by atoms with Crippen LogP contribution in [0.1, 0.15) is 5.56 Å². The Labute approximate surface area is 195 Å². The molecule has 0 unspecified atom stereocenters. The number of aromatic nitrogens is 1. The summed E-state index contributed by atoms with van der Waals surface area (Å²) in [5.41, 5.74) is 1.51. The number of ether oxygens (including phenoxy) is 2. The first-order valence-corrected chi connectivity index (χ1v) is 12.3. The van der Waals surface area contributed by atoms with Gasteiger partial charge in [0.25, 0.3) is 0 Å². The highest BCUT2D eigenvalue weighted by atomic mass is 32.2. The smallest absolute Gasteiger partial charge is 0.244 e. The fourth-order valence-corrected chi connectivity index (χ4v) is 5.56. The summed E-state index contributed by atoms with van der Waals surface area (Å²) < 4.78 is 52.6. The van der Waals surface area contributed by atoms with E-state index < -0.39 is 15.7 Å². The number of hydrogen-bond donors (Lipinski definition) is 1. The summed E-state index contributed by atoms with van der Waals surface area (Å²) in [6, 6.07) is 17.6. The average molecular weight is 481 g/mol. The van der Waals surface area contributed by atoms with Gasteiger partial charge in [0.2, 0.25) is 5.91 Å². The first-order chi connectivity index (χ1) is 16.4. The van der Waals surface area contributed by atoms with Crippen molar-refractivity contribution in [3.63, 3.8) is 0 Å². The van der Waals surface area contributed by atoms with Gasteiger partial charge in [0.1, 0.15) is 25.6 Å². The van der Waals surface area contributed by atoms with Crippen LogP contribution in [0.25, 0.3) is 10.9 Å². The molecule has 0 radical (unpaired) electrons. The van der Waals surface area contributed by atoms with Crippen molar-refractivity contribution in [2.75, 3.05) is 18.5 Å². The summed E-state index contributed by atoms with van der Waals surface area (Å²) in [4.78, 5) is 12.9. The number of fused-ring (bicyclic) bond motifs is 2. The third-order valence-electron chi connectivity index (χ3n) is 5.47. The zero-order chi connectivity index (χ0) is 23.7. The van der Waals surface area contributed by atoms with E-state index in [0.717, 1.165) is 0 Å². The van der Waals surface area contributed by atoms with Crippen molar-refractivity contribution in [2.45, 2.75) is 17.2 Å². The van der Waals surface area contributed by atoms with Crippen molar-refractivity contribution < 1.29 is 27.1 Å². The van der Waals surface area contributed by atoms with E-state index in [9.17, 15) is 17.6 Å². The number of halogens is 1. The van der Waals surface area contributed by atoms with Crippen LogP contribution < -0.4 is 14.8 Å². The third kappa shape index (κ3) is 4.47. The summed E-state index contributed by atoms with van der Waals surface area (Å²) in [6.45, 7) is 0.820. The summed E-state index contributed by atoms with van der Waals surface area (Å²) in [5, 5.41) is 3.32. The highest BCUT2D eigenvalue weighted by molar-refractivity contribution is 7.90. The Balaban J connectivity index is 1.40. The Morgan fingerprint density at radius 3 is 2.59 bits per heavy atom. The Morgan fingerprint density at radius 1 is 0.971 bits per heavy atom. The van der Waals surface area contributed by atoms with Gasteiger partial charge in [-0.05, 0) is 35.9 Å². The molecule has 174 valence electrons. The molecule has 9 heteroatoms. The zero-order valence-electron chi connectivity index (χ0n) is 18.0. The van der Waals surface area contributed by atoms with Crippen molar-refractivity contribution >= 4 is 32.3 Å². The lowest BCUT2D eigenvalue weighted by molar-refractivity contribution is -0.116. The number of rotatable bonds is 6. The Hall–Kier alpha value is -3.85. The van der Waals surface area contributed by atoms with E-state index in [1.54, 1.807) is 53.1 Å². The van der Waals surface area contributed by atoms with Crippen molar-refractivity contribution in [1.82, 2.24) is 4.57 Å². The van der Waals surface area contributed by atoms with E-state index in [4.69, 9.17) is 9.47 Å². The molecular weight excluding hydrogens is 459 g/mol. The van der Waals surface area contributed by atoms with Gasteiger partial charge in [0.15, 0.2) is 21.3 Å². The molecule has 3 aromatic carbocycles. The minimum Gasteiger partial charge on any atom is -0.486 e. The van der Waals surface area contributed by atoms with Crippen LogP contribution in [0.3, 0.4) is 0 Å². The topological polar surface area (TPSA) is 86.6 Å².